The van der Waals surface area contributed by atoms with Crippen LogP contribution in [0, 0.1) is 11.6 Å². The van der Waals surface area contributed by atoms with E-state index in [9.17, 15) is 9.90 Å². The number of benzene rings is 2. The van der Waals surface area contributed by atoms with Crippen molar-refractivity contribution in [2.75, 3.05) is 13.6 Å². The van der Waals surface area contributed by atoms with Crippen LogP contribution in [0.3, 0.4) is 0 Å². The number of hydrogen-bond acceptors (Lipinski definition) is 5. The number of carbonyl (C=O) groups excluding carboxylic acids is 1. The number of aromatic nitrogens is 1. The van der Waals surface area contributed by atoms with Crippen LogP contribution in [0.4, 0.5) is 8.78 Å². The highest BCUT2D eigenvalue weighted by molar-refractivity contribution is 6.34. The van der Waals surface area contributed by atoms with Gasteiger partial charge in [0, 0.05) is 42.4 Å². The highest BCUT2D eigenvalue weighted by Gasteiger charge is 2.50. The fraction of sp³-hybridized carbons (Fsp3) is 0.280. The zero-order valence-electron chi connectivity index (χ0n) is 18.3. The fourth-order valence-corrected chi connectivity index (χ4v) is 5.31. The molecule has 176 valence electrons. The predicted molar refractivity (Wildman–Crippen MR) is 123 cm³/mol. The molecule has 0 aliphatic carbocycles. The number of pyridine rings is 1. The molecule has 2 aliphatic heterocycles. The van der Waals surface area contributed by atoms with E-state index < -0.39 is 29.0 Å². The molecule has 2 aromatic carbocycles. The maximum absolute atomic E-state index is 15.3. The lowest BCUT2D eigenvalue weighted by Crippen LogP contribution is -2.48. The van der Waals surface area contributed by atoms with Crippen LogP contribution in [-0.4, -0.2) is 35.6 Å². The van der Waals surface area contributed by atoms with E-state index >= 15 is 8.78 Å². The van der Waals surface area contributed by atoms with Gasteiger partial charge in [-0.15, -0.1) is 0 Å². The molecule has 3 heterocycles. The number of aromatic hydroxyl groups is 1. The molecule has 9 heteroatoms. The molecule has 6 nitrogen and oxygen atoms in total. The Labute approximate surface area is 199 Å². The fourth-order valence-electron chi connectivity index (χ4n) is 5.05. The number of amides is 1. The third-order valence-electron chi connectivity index (χ3n) is 6.63. The minimum atomic E-state index is -1.16. The lowest BCUT2D eigenvalue weighted by atomic mass is 9.80. The van der Waals surface area contributed by atoms with Crippen LogP contribution >= 0.6 is 11.6 Å². The van der Waals surface area contributed by atoms with E-state index in [4.69, 9.17) is 16.3 Å². The van der Waals surface area contributed by atoms with E-state index in [0.29, 0.717) is 5.56 Å². The Kier molecular flexibility index (Phi) is 5.65. The lowest BCUT2D eigenvalue weighted by Gasteiger charge is -2.35. The summed E-state index contributed by atoms with van der Waals surface area (Å²) in [5.41, 5.74) is -0.0642. The summed E-state index contributed by atoms with van der Waals surface area (Å²) in [4.78, 5) is 16.1. The molecule has 0 unspecified atom stereocenters. The molecule has 2 atom stereocenters. The summed E-state index contributed by atoms with van der Waals surface area (Å²) < 4.78 is 36.9. The molecule has 1 amide bonds. The highest BCUT2D eigenvalue weighted by atomic mass is 35.5. The van der Waals surface area contributed by atoms with Gasteiger partial charge in [-0.25, -0.2) is 13.8 Å². The topological polar surface area (TPSA) is 83.5 Å². The van der Waals surface area contributed by atoms with Gasteiger partial charge in [-0.1, -0.05) is 41.9 Å². The van der Waals surface area contributed by atoms with Crippen molar-refractivity contribution >= 4 is 17.5 Å². The van der Waals surface area contributed by atoms with Crippen molar-refractivity contribution in [3.8, 4) is 22.8 Å². The van der Waals surface area contributed by atoms with E-state index in [1.54, 1.807) is 0 Å². The first-order chi connectivity index (χ1) is 16.4. The van der Waals surface area contributed by atoms with E-state index in [-0.39, 0.29) is 39.9 Å². The Morgan fingerprint density at radius 3 is 2.74 bits per heavy atom. The number of nitrogens with zero attached hydrogens (tertiary/aromatic N) is 1. The molecular weight excluding hydrogens is 464 g/mol. The van der Waals surface area contributed by atoms with Gasteiger partial charge in [-0.05, 0) is 24.9 Å². The van der Waals surface area contributed by atoms with Crippen LogP contribution in [0.15, 0.2) is 42.6 Å². The molecule has 0 bridgehead atoms. The molecule has 0 saturated carbocycles. The summed E-state index contributed by atoms with van der Waals surface area (Å²) in [5.74, 6) is -3.33. The van der Waals surface area contributed by atoms with Crippen molar-refractivity contribution in [2.45, 2.75) is 30.9 Å². The average molecular weight is 486 g/mol. The quantitative estimate of drug-likeness (QED) is 0.512. The summed E-state index contributed by atoms with van der Waals surface area (Å²) >= 11 is 6.41. The second kappa shape index (κ2) is 8.52. The van der Waals surface area contributed by atoms with Crippen molar-refractivity contribution in [2.24, 2.45) is 0 Å². The molecule has 34 heavy (non-hydrogen) atoms. The number of fused-ring (bicyclic) bond motifs is 1. The first-order valence-electron chi connectivity index (χ1n) is 11.0. The summed E-state index contributed by atoms with van der Waals surface area (Å²) in [6.07, 6.45) is 3.09. The first-order valence-corrected chi connectivity index (χ1v) is 11.3. The van der Waals surface area contributed by atoms with E-state index in [0.717, 1.165) is 31.1 Å². The van der Waals surface area contributed by atoms with Gasteiger partial charge in [0.25, 0.3) is 5.91 Å². The summed E-state index contributed by atoms with van der Waals surface area (Å²) in [7, 11) is 1.38. The van der Waals surface area contributed by atoms with Crippen molar-refractivity contribution in [1.29, 1.82) is 0 Å². The van der Waals surface area contributed by atoms with Crippen LogP contribution in [0.1, 0.15) is 34.3 Å². The molecule has 3 aromatic rings. The normalized spacial score (nSPS) is 21.2. The Morgan fingerprint density at radius 2 is 2.06 bits per heavy atom. The van der Waals surface area contributed by atoms with Gasteiger partial charge in [0.15, 0.2) is 11.4 Å². The van der Waals surface area contributed by atoms with Gasteiger partial charge in [0.1, 0.15) is 11.6 Å². The SMILES string of the molecule is CNC(=O)c1cnc(O)c(F)c1-c1c(Cl)c(F)cc2c1C[C@](c1ccccc1)([C@@H]1CCCN1)O2. The molecule has 1 saturated heterocycles. The molecule has 0 radical (unpaired) electrons. The van der Waals surface area contributed by atoms with Gasteiger partial charge in [-0.3, -0.25) is 4.79 Å². The number of carbonyl (C=O) groups is 1. The Hall–Kier alpha value is -3.23. The molecule has 2 aliphatic rings. The third kappa shape index (κ3) is 3.40. The van der Waals surface area contributed by atoms with Gasteiger partial charge in [-0.2, -0.15) is 0 Å². The molecule has 5 rings (SSSR count). The van der Waals surface area contributed by atoms with Gasteiger partial charge >= 0.3 is 0 Å². The van der Waals surface area contributed by atoms with E-state index in [2.05, 4.69) is 15.6 Å². The number of nitrogens with one attached hydrogen (secondary N) is 2. The zero-order chi connectivity index (χ0) is 24.0. The maximum atomic E-state index is 15.3. The summed E-state index contributed by atoms with van der Waals surface area (Å²) in [6.45, 7) is 0.814. The minimum Gasteiger partial charge on any atom is -0.491 e. The van der Waals surface area contributed by atoms with Gasteiger partial charge < -0.3 is 20.5 Å². The largest absolute Gasteiger partial charge is 0.491 e. The molecule has 1 fully saturated rings. The smallest absolute Gasteiger partial charge is 0.253 e. The second-order valence-corrected chi connectivity index (χ2v) is 8.85. The minimum absolute atomic E-state index is 0.0266. The van der Waals surface area contributed by atoms with E-state index in [1.165, 1.54) is 13.1 Å². The monoisotopic (exact) mass is 485 g/mol. The summed E-state index contributed by atoms with van der Waals surface area (Å²) in [5, 5.41) is 15.5. The third-order valence-corrected chi connectivity index (χ3v) is 7.00. The van der Waals surface area contributed by atoms with Gasteiger partial charge in [0.2, 0.25) is 5.88 Å². The van der Waals surface area contributed by atoms with Crippen LogP contribution in [-0.2, 0) is 12.0 Å². The maximum Gasteiger partial charge on any atom is 0.253 e. The van der Waals surface area contributed by atoms with Crippen molar-refractivity contribution in [3.63, 3.8) is 0 Å². The first kappa shape index (κ1) is 22.6. The highest BCUT2D eigenvalue weighted by Crippen LogP contribution is 2.52. The Balaban J connectivity index is 1.77. The van der Waals surface area contributed by atoms with Crippen LogP contribution in [0.5, 0.6) is 11.6 Å². The number of rotatable bonds is 4. The molecule has 0 spiro atoms. The molecule has 3 N–H and O–H groups in total. The Morgan fingerprint density at radius 1 is 1.29 bits per heavy atom. The van der Waals surface area contributed by atoms with Crippen LogP contribution < -0.4 is 15.4 Å². The standard InChI is InChI=1S/C25H22ClF2N3O3/c1-29-23(32)15-12-31-24(33)22(28)20(15)19-14-11-25(18-8-5-9-30-18,13-6-3-2-4-7-13)34-17(14)10-16(27)21(19)26/h2-4,6-7,10,12,18,30H,5,8-9,11H2,1H3,(H,29,32)(H,31,33)/t18-,25-/m0/s1. The lowest BCUT2D eigenvalue weighted by molar-refractivity contribution is 0.0539. The molecule has 1 aromatic heterocycles. The number of hydrogen-bond donors (Lipinski definition) is 3. The zero-order valence-corrected chi connectivity index (χ0v) is 19.0. The van der Waals surface area contributed by atoms with Crippen LogP contribution in [0.2, 0.25) is 5.02 Å². The molecular formula is C25H22ClF2N3O3. The number of halogens is 3. The van der Waals surface area contributed by atoms with E-state index in [1.807, 2.05) is 30.3 Å². The van der Waals surface area contributed by atoms with Crippen molar-refractivity contribution in [3.05, 3.63) is 75.9 Å². The second-order valence-electron chi connectivity index (χ2n) is 8.47. The predicted octanol–water partition coefficient (Wildman–Crippen LogP) is 4.33. The number of ether oxygens (including phenoxy) is 1. The van der Waals surface area contributed by atoms with Crippen LogP contribution in [0.25, 0.3) is 11.1 Å². The van der Waals surface area contributed by atoms with Gasteiger partial charge in [0.05, 0.1) is 16.6 Å². The summed E-state index contributed by atoms with van der Waals surface area (Å²) in [6, 6.07) is 10.7. The van der Waals surface area contributed by atoms with Crippen molar-refractivity contribution in [1.82, 2.24) is 15.6 Å². The van der Waals surface area contributed by atoms with Crippen molar-refractivity contribution < 1.29 is 23.4 Å². The average Bonchev–Trinajstić information content (AvgIpc) is 3.51. The Bertz CT molecular complexity index is 1280.